The van der Waals surface area contributed by atoms with Gasteiger partial charge in [0.2, 0.25) is 0 Å². The molecule has 0 saturated heterocycles. The molecule has 5 heteroatoms. The van der Waals surface area contributed by atoms with Crippen molar-refractivity contribution >= 4 is 17.4 Å². The van der Waals surface area contributed by atoms with Gasteiger partial charge in [-0.05, 0) is 31.7 Å². The fourth-order valence-corrected chi connectivity index (χ4v) is 2.19. The molecule has 5 N–H and O–H groups in total. The molecule has 17 heavy (non-hydrogen) atoms. The van der Waals surface area contributed by atoms with Crippen LogP contribution < -0.4 is 16.8 Å². The number of aromatic nitrogens is 1. The van der Waals surface area contributed by atoms with Crippen molar-refractivity contribution in [2.45, 2.75) is 38.1 Å². The van der Waals surface area contributed by atoms with Crippen LogP contribution >= 0.6 is 0 Å². The number of hydrogen-bond donors (Lipinski definition) is 3. The van der Waals surface area contributed by atoms with Crippen molar-refractivity contribution in [3.05, 3.63) is 17.8 Å². The number of rotatable bonds is 4. The van der Waals surface area contributed by atoms with E-state index in [1.54, 1.807) is 6.07 Å². The molecular weight excluding hydrogens is 216 g/mol. The number of nitrogens with zero attached hydrogens (tertiary/aromatic N) is 1. The maximum Gasteiger partial charge on any atom is 0.252 e. The van der Waals surface area contributed by atoms with Gasteiger partial charge < -0.3 is 16.8 Å². The van der Waals surface area contributed by atoms with Crippen molar-refractivity contribution in [1.29, 1.82) is 0 Å². The number of carbonyl (C=O) groups is 1. The van der Waals surface area contributed by atoms with Crippen LogP contribution in [0.1, 0.15) is 43.0 Å². The summed E-state index contributed by atoms with van der Waals surface area (Å²) in [4.78, 5) is 15.5. The highest BCUT2D eigenvalue weighted by Gasteiger charge is 2.35. The van der Waals surface area contributed by atoms with Crippen LogP contribution in [0, 0.1) is 0 Å². The number of hydrogen-bond acceptors (Lipinski definition) is 4. The summed E-state index contributed by atoms with van der Waals surface area (Å²) in [5.41, 5.74) is 11.8. The van der Waals surface area contributed by atoms with Crippen molar-refractivity contribution in [2.24, 2.45) is 5.73 Å². The number of carbonyl (C=O) groups excluding carboxylic acids is 1. The SMILES string of the molecule is CCC1(Nc2ncc(N)cc2C(N)=O)CCC1. The van der Waals surface area contributed by atoms with Gasteiger partial charge in [0.15, 0.2) is 0 Å². The van der Waals surface area contributed by atoms with Crippen LogP contribution in [0.3, 0.4) is 0 Å². The average Bonchev–Trinajstić information content (AvgIpc) is 2.25. The molecule has 0 atom stereocenters. The minimum atomic E-state index is -0.502. The first kappa shape index (κ1) is 11.7. The molecular formula is C12H18N4O. The molecule has 2 rings (SSSR count). The van der Waals surface area contributed by atoms with Gasteiger partial charge in [0.05, 0.1) is 17.4 Å². The molecule has 1 aliphatic rings. The Morgan fingerprint density at radius 2 is 2.29 bits per heavy atom. The second kappa shape index (κ2) is 4.24. The number of amides is 1. The molecule has 0 spiro atoms. The van der Waals surface area contributed by atoms with Crippen molar-refractivity contribution in [3.63, 3.8) is 0 Å². The number of pyridine rings is 1. The standard InChI is InChI=1S/C12H18N4O/c1-2-12(4-3-5-12)16-11-9(10(14)17)6-8(13)7-15-11/h6-7H,2-5,13H2,1H3,(H2,14,17)(H,15,16). The summed E-state index contributed by atoms with van der Waals surface area (Å²) in [7, 11) is 0. The van der Waals surface area contributed by atoms with Gasteiger partial charge >= 0.3 is 0 Å². The summed E-state index contributed by atoms with van der Waals surface area (Å²) in [6, 6.07) is 1.57. The maximum atomic E-state index is 11.3. The molecule has 0 bridgehead atoms. The van der Waals surface area contributed by atoms with Gasteiger partial charge in [-0.15, -0.1) is 0 Å². The van der Waals surface area contributed by atoms with E-state index in [-0.39, 0.29) is 5.54 Å². The first-order valence-corrected chi connectivity index (χ1v) is 5.90. The molecule has 0 unspecified atom stereocenters. The first-order valence-electron chi connectivity index (χ1n) is 5.90. The van der Waals surface area contributed by atoms with E-state index < -0.39 is 5.91 Å². The van der Waals surface area contributed by atoms with Gasteiger partial charge in [-0.3, -0.25) is 4.79 Å². The van der Waals surface area contributed by atoms with E-state index in [4.69, 9.17) is 11.5 Å². The molecule has 1 saturated carbocycles. The number of nitrogens with one attached hydrogen (secondary N) is 1. The predicted octanol–water partition coefficient (Wildman–Crippen LogP) is 1.51. The van der Waals surface area contributed by atoms with E-state index in [1.165, 1.54) is 12.6 Å². The van der Waals surface area contributed by atoms with Crippen LogP contribution in [0.25, 0.3) is 0 Å². The van der Waals surface area contributed by atoms with E-state index in [1.807, 2.05) is 0 Å². The largest absolute Gasteiger partial charge is 0.397 e. The lowest BCUT2D eigenvalue weighted by Crippen LogP contribution is -2.45. The molecule has 92 valence electrons. The Morgan fingerprint density at radius 1 is 1.59 bits per heavy atom. The molecule has 0 aliphatic heterocycles. The van der Waals surface area contributed by atoms with Crippen LogP contribution in [0.15, 0.2) is 12.3 Å². The van der Waals surface area contributed by atoms with Crippen molar-refractivity contribution in [2.75, 3.05) is 11.1 Å². The molecule has 0 aromatic carbocycles. The van der Waals surface area contributed by atoms with Gasteiger partial charge in [0.1, 0.15) is 5.82 Å². The Balaban J connectivity index is 2.29. The smallest absolute Gasteiger partial charge is 0.252 e. The number of nitrogens with two attached hydrogens (primary N) is 2. The summed E-state index contributed by atoms with van der Waals surface area (Å²) in [6.45, 7) is 2.13. The molecule has 5 nitrogen and oxygen atoms in total. The summed E-state index contributed by atoms with van der Waals surface area (Å²) in [5.74, 6) is 0.0473. The fourth-order valence-electron chi connectivity index (χ4n) is 2.19. The number of primary amides is 1. The van der Waals surface area contributed by atoms with E-state index in [0.717, 1.165) is 19.3 Å². The van der Waals surface area contributed by atoms with Gasteiger partial charge in [0, 0.05) is 5.54 Å². The molecule has 1 amide bonds. The van der Waals surface area contributed by atoms with E-state index >= 15 is 0 Å². The van der Waals surface area contributed by atoms with E-state index in [0.29, 0.717) is 17.1 Å². The average molecular weight is 234 g/mol. The third kappa shape index (κ3) is 2.18. The molecule has 0 radical (unpaired) electrons. The van der Waals surface area contributed by atoms with Gasteiger partial charge in [-0.1, -0.05) is 6.92 Å². The van der Waals surface area contributed by atoms with Crippen molar-refractivity contribution < 1.29 is 4.79 Å². The quantitative estimate of drug-likeness (QED) is 0.736. The second-order valence-electron chi connectivity index (χ2n) is 4.64. The minimum Gasteiger partial charge on any atom is -0.397 e. The van der Waals surface area contributed by atoms with Crippen LogP contribution in [-0.2, 0) is 0 Å². The lowest BCUT2D eigenvalue weighted by molar-refractivity contribution is 0.100. The van der Waals surface area contributed by atoms with Gasteiger partial charge in [-0.2, -0.15) is 0 Å². The van der Waals surface area contributed by atoms with E-state index in [2.05, 4.69) is 17.2 Å². The summed E-state index contributed by atoms with van der Waals surface area (Å²) in [6.07, 6.45) is 5.97. The summed E-state index contributed by atoms with van der Waals surface area (Å²) < 4.78 is 0. The highest BCUT2D eigenvalue weighted by Crippen LogP contribution is 2.38. The van der Waals surface area contributed by atoms with Gasteiger partial charge in [-0.25, -0.2) is 4.98 Å². The third-order valence-electron chi connectivity index (χ3n) is 3.55. The number of anilines is 2. The summed E-state index contributed by atoms with van der Waals surface area (Å²) >= 11 is 0. The molecule has 1 heterocycles. The van der Waals surface area contributed by atoms with Crippen LogP contribution in [0.4, 0.5) is 11.5 Å². The van der Waals surface area contributed by atoms with Crippen molar-refractivity contribution in [1.82, 2.24) is 4.98 Å². The minimum absolute atomic E-state index is 0.0767. The van der Waals surface area contributed by atoms with Crippen molar-refractivity contribution in [3.8, 4) is 0 Å². The Labute approximate surface area is 101 Å². The highest BCUT2D eigenvalue weighted by atomic mass is 16.1. The Morgan fingerprint density at radius 3 is 2.76 bits per heavy atom. The monoisotopic (exact) mass is 234 g/mol. The normalized spacial score (nSPS) is 17.2. The molecule has 1 aromatic heterocycles. The van der Waals surface area contributed by atoms with Gasteiger partial charge in [0.25, 0.3) is 5.91 Å². The molecule has 1 fully saturated rings. The molecule has 1 aliphatic carbocycles. The second-order valence-corrected chi connectivity index (χ2v) is 4.64. The number of nitrogen functional groups attached to an aromatic ring is 1. The topological polar surface area (TPSA) is 94.0 Å². The third-order valence-corrected chi connectivity index (χ3v) is 3.55. The van der Waals surface area contributed by atoms with Crippen LogP contribution in [0.2, 0.25) is 0 Å². The lowest BCUT2D eigenvalue weighted by atomic mass is 9.75. The van der Waals surface area contributed by atoms with Crippen LogP contribution in [0.5, 0.6) is 0 Å². The highest BCUT2D eigenvalue weighted by molar-refractivity contribution is 5.98. The lowest BCUT2D eigenvalue weighted by Gasteiger charge is -2.42. The Kier molecular flexibility index (Phi) is 2.92. The summed E-state index contributed by atoms with van der Waals surface area (Å²) in [5, 5.41) is 3.35. The fraction of sp³-hybridized carbons (Fsp3) is 0.500. The zero-order valence-corrected chi connectivity index (χ0v) is 9.99. The maximum absolute atomic E-state index is 11.3. The van der Waals surface area contributed by atoms with Crippen LogP contribution in [-0.4, -0.2) is 16.4 Å². The predicted molar refractivity (Wildman–Crippen MR) is 67.7 cm³/mol. The molecule has 1 aromatic rings. The zero-order chi connectivity index (χ0) is 12.5. The zero-order valence-electron chi connectivity index (χ0n) is 9.99. The Bertz CT molecular complexity index is 435. The van der Waals surface area contributed by atoms with E-state index in [9.17, 15) is 4.79 Å². The first-order chi connectivity index (χ1) is 8.06. The Hall–Kier alpha value is -1.78.